The second-order valence-electron chi connectivity index (χ2n) is 7.67. The molecule has 1 fully saturated rings. The highest BCUT2D eigenvalue weighted by molar-refractivity contribution is 7.89. The number of rotatable bonds is 7. The van der Waals surface area contributed by atoms with Crippen molar-refractivity contribution in [3.63, 3.8) is 0 Å². The highest BCUT2D eigenvalue weighted by atomic mass is 32.2. The van der Waals surface area contributed by atoms with E-state index in [1.165, 1.54) is 16.4 Å². The Kier molecular flexibility index (Phi) is 6.99. The zero-order chi connectivity index (χ0) is 22.4. The van der Waals surface area contributed by atoms with Gasteiger partial charge in [0.1, 0.15) is 0 Å². The first-order valence-electron chi connectivity index (χ1n) is 10.6. The minimum Gasteiger partial charge on any atom is -0.379 e. The molecule has 0 saturated carbocycles. The normalized spacial score (nSPS) is 15.8. The Balaban J connectivity index is 1.51. The fourth-order valence-electron chi connectivity index (χ4n) is 3.74. The van der Waals surface area contributed by atoms with Crippen LogP contribution in [0.15, 0.2) is 89.8 Å². The number of sulfonamides is 1. The van der Waals surface area contributed by atoms with E-state index >= 15 is 0 Å². The summed E-state index contributed by atoms with van der Waals surface area (Å²) in [4.78, 5) is 13.2. The van der Waals surface area contributed by atoms with Gasteiger partial charge in [-0.25, -0.2) is 8.42 Å². The van der Waals surface area contributed by atoms with Crippen LogP contribution in [0.5, 0.6) is 0 Å². The Bertz CT molecular complexity index is 1130. The third-order valence-corrected chi connectivity index (χ3v) is 7.43. The second kappa shape index (κ2) is 10.1. The van der Waals surface area contributed by atoms with Crippen LogP contribution in [0.2, 0.25) is 0 Å². The molecule has 1 aliphatic rings. The van der Waals surface area contributed by atoms with Crippen molar-refractivity contribution < 1.29 is 17.9 Å². The van der Waals surface area contributed by atoms with Crippen LogP contribution in [0.25, 0.3) is 0 Å². The Morgan fingerprint density at radius 3 is 2.09 bits per heavy atom. The van der Waals surface area contributed by atoms with Crippen LogP contribution in [-0.2, 0) is 21.2 Å². The standard InChI is InChI=1S/C25H26N2O4S/c28-25(22-11-13-23(14-12-22)32(29,30)27-15-17-31-18-16-27)26-24(21-9-5-2-6-10-21)19-20-7-3-1-4-8-20/h1-14,24H,15-19H2,(H,26,28). The minimum absolute atomic E-state index is 0.180. The maximum Gasteiger partial charge on any atom is 0.251 e. The predicted molar refractivity (Wildman–Crippen MR) is 123 cm³/mol. The number of nitrogens with one attached hydrogen (secondary N) is 1. The van der Waals surface area contributed by atoms with E-state index in [1.807, 2.05) is 60.7 Å². The SMILES string of the molecule is O=C(NC(Cc1ccccc1)c1ccccc1)c1ccc(S(=O)(=O)N2CCOCC2)cc1. The van der Waals surface area contributed by atoms with Gasteiger partial charge in [0.15, 0.2) is 0 Å². The highest BCUT2D eigenvalue weighted by Gasteiger charge is 2.26. The molecule has 6 nitrogen and oxygen atoms in total. The lowest BCUT2D eigenvalue weighted by atomic mass is 9.98. The molecule has 0 radical (unpaired) electrons. The summed E-state index contributed by atoms with van der Waals surface area (Å²) in [6.07, 6.45) is 0.653. The third kappa shape index (κ3) is 5.24. The summed E-state index contributed by atoms with van der Waals surface area (Å²) in [6.45, 7) is 1.45. The van der Waals surface area contributed by atoms with Crippen molar-refractivity contribution in [2.45, 2.75) is 17.4 Å². The number of nitrogens with zero attached hydrogens (tertiary/aromatic N) is 1. The first-order valence-corrected chi connectivity index (χ1v) is 12.1. The van der Waals surface area contributed by atoms with Gasteiger partial charge in [0.25, 0.3) is 5.91 Å². The molecule has 1 saturated heterocycles. The number of morpholine rings is 1. The monoisotopic (exact) mass is 450 g/mol. The van der Waals surface area contributed by atoms with E-state index in [1.54, 1.807) is 12.1 Å². The smallest absolute Gasteiger partial charge is 0.251 e. The molecule has 1 N–H and O–H groups in total. The zero-order valence-electron chi connectivity index (χ0n) is 17.7. The molecule has 1 amide bonds. The molecule has 3 aromatic rings. The summed E-state index contributed by atoms with van der Waals surface area (Å²) < 4.78 is 32.3. The lowest BCUT2D eigenvalue weighted by Crippen LogP contribution is -2.40. The molecule has 1 atom stereocenters. The number of carbonyl (C=O) groups is 1. The first-order chi connectivity index (χ1) is 15.5. The van der Waals surface area contributed by atoms with Gasteiger partial charge in [-0.1, -0.05) is 60.7 Å². The van der Waals surface area contributed by atoms with Crippen molar-refractivity contribution >= 4 is 15.9 Å². The number of ether oxygens (including phenoxy) is 1. The van der Waals surface area contributed by atoms with Gasteiger partial charge in [0.05, 0.1) is 24.2 Å². The van der Waals surface area contributed by atoms with Crippen molar-refractivity contribution in [2.75, 3.05) is 26.3 Å². The largest absolute Gasteiger partial charge is 0.379 e. The molecule has 32 heavy (non-hydrogen) atoms. The van der Waals surface area contributed by atoms with Crippen LogP contribution in [-0.4, -0.2) is 44.9 Å². The van der Waals surface area contributed by atoms with Crippen molar-refractivity contribution in [1.82, 2.24) is 9.62 Å². The third-order valence-electron chi connectivity index (χ3n) is 5.51. The molecule has 3 aromatic carbocycles. The van der Waals surface area contributed by atoms with Gasteiger partial charge in [-0.3, -0.25) is 4.79 Å². The molecule has 0 aliphatic carbocycles. The van der Waals surface area contributed by atoms with E-state index in [0.29, 0.717) is 38.3 Å². The first kappa shape index (κ1) is 22.2. The van der Waals surface area contributed by atoms with Crippen molar-refractivity contribution in [1.29, 1.82) is 0 Å². The maximum absolute atomic E-state index is 13.0. The quantitative estimate of drug-likeness (QED) is 0.599. The maximum atomic E-state index is 13.0. The molecule has 4 rings (SSSR count). The molecule has 1 unspecified atom stereocenters. The van der Waals surface area contributed by atoms with Crippen LogP contribution in [0.1, 0.15) is 27.5 Å². The van der Waals surface area contributed by atoms with Crippen molar-refractivity contribution in [3.8, 4) is 0 Å². The summed E-state index contributed by atoms with van der Waals surface area (Å²) in [7, 11) is -3.59. The summed E-state index contributed by atoms with van der Waals surface area (Å²) >= 11 is 0. The Morgan fingerprint density at radius 1 is 0.875 bits per heavy atom. The summed E-state index contributed by atoms with van der Waals surface area (Å²) in [5.41, 5.74) is 2.55. The van der Waals surface area contributed by atoms with Crippen LogP contribution < -0.4 is 5.32 Å². The highest BCUT2D eigenvalue weighted by Crippen LogP contribution is 2.21. The summed E-state index contributed by atoms with van der Waals surface area (Å²) in [5, 5.41) is 3.10. The Morgan fingerprint density at radius 2 is 1.47 bits per heavy atom. The molecule has 166 valence electrons. The van der Waals surface area contributed by atoms with Crippen molar-refractivity contribution in [2.24, 2.45) is 0 Å². The van der Waals surface area contributed by atoms with Crippen LogP contribution in [0, 0.1) is 0 Å². The average molecular weight is 451 g/mol. The fourth-order valence-corrected chi connectivity index (χ4v) is 5.15. The lowest BCUT2D eigenvalue weighted by Gasteiger charge is -2.26. The molecule has 0 bridgehead atoms. The number of carbonyl (C=O) groups excluding carboxylic acids is 1. The van der Waals surface area contributed by atoms with Gasteiger partial charge in [-0.05, 0) is 41.8 Å². The van der Waals surface area contributed by atoms with E-state index in [-0.39, 0.29) is 16.8 Å². The summed E-state index contributed by atoms with van der Waals surface area (Å²) in [6, 6.07) is 25.7. The van der Waals surface area contributed by atoms with Crippen LogP contribution in [0.3, 0.4) is 0 Å². The second-order valence-corrected chi connectivity index (χ2v) is 9.61. The van der Waals surface area contributed by atoms with Crippen LogP contribution >= 0.6 is 0 Å². The predicted octanol–water partition coefficient (Wildman–Crippen LogP) is 3.42. The van der Waals surface area contributed by atoms with E-state index in [0.717, 1.165) is 11.1 Å². The van der Waals surface area contributed by atoms with Gasteiger partial charge in [0.2, 0.25) is 10.0 Å². The number of hydrogen-bond donors (Lipinski definition) is 1. The van der Waals surface area contributed by atoms with Gasteiger partial charge < -0.3 is 10.1 Å². The molecule has 7 heteroatoms. The van der Waals surface area contributed by atoms with E-state index in [9.17, 15) is 13.2 Å². The fraction of sp³-hybridized carbons (Fsp3) is 0.240. The van der Waals surface area contributed by atoms with Gasteiger partial charge in [-0.2, -0.15) is 4.31 Å². The molecular formula is C25H26N2O4S. The average Bonchev–Trinajstić information content (AvgIpc) is 2.85. The lowest BCUT2D eigenvalue weighted by molar-refractivity contribution is 0.0730. The molecular weight excluding hydrogens is 424 g/mol. The van der Waals surface area contributed by atoms with Gasteiger partial charge in [-0.15, -0.1) is 0 Å². The Hall–Kier alpha value is -3.00. The molecule has 1 aliphatic heterocycles. The number of amides is 1. The van der Waals surface area contributed by atoms with Crippen LogP contribution in [0.4, 0.5) is 0 Å². The molecule has 0 spiro atoms. The van der Waals surface area contributed by atoms with Gasteiger partial charge >= 0.3 is 0 Å². The molecule has 1 heterocycles. The zero-order valence-corrected chi connectivity index (χ0v) is 18.5. The molecule has 0 aromatic heterocycles. The summed E-state index contributed by atoms with van der Waals surface area (Å²) in [5.74, 6) is -0.245. The number of benzene rings is 3. The topological polar surface area (TPSA) is 75.7 Å². The number of hydrogen-bond acceptors (Lipinski definition) is 4. The van der Waals surface area contributed by atoms with E-state index in [4.69, 9.17) is 4.74 Å². The van der Waals surface area contributed by atoms with E-state index < -0.39 is 10.0 Å². The van der Waals surface area contributed by atoms with Crippen molar-refractivity contribution in [3.05, 3.63) is 102 Å². The van der Waals surface area contributed by atoms with Gasteiger partial charge in [0, 0.05) is 18.7 Å². The van der Waals surface area contributed by atoms with E-state index in [2.05, 4.69) is 5.32 Å². The minimum atomic E-state index is -3.59. The Labute approximate surface area is 188 Å².